The van der Waals surface area contributed by atoms with Crippen molar-refractivity contribution in [3.05, 3.63) is 103 Å². The molecule has 2 aromatic heterocycles. The number of rotatable bonds is 6. The molecule has 0 aliphatic heterocycles. The summed E-state index contributed by atoms with van der Waals surface area (Å²) in [6.07, 6.45) is 3.86. The summed E-state index contributed by atoms with van der Waals surface area (Å²) in [6, 6.07) is 25.3. The van der Waals surface area contributed by atoms with E-state index in [4.69, 9.17) is 0 Å². The second-order valence-corrected chi connectivity index (χ2v) is 7.67. The third kappa shape index (κ3) is 4.72. The molecule has 5 aromatic rings. The predicted octanol–water partition coefficient (Wildman–Crippen LogP) is 5.05. The fourth-order valence-corrected chi connectivity index (χ4v) is 3.75. The second kappa shape index (κ2) is 8.92. The molecular weight excluding hydrogens is 412 g/mol. The lowest BCUT2D eigenvalue weighted by atomic mass is 10.0. The van der Waals surface area contributed by atoms with Crippen molar-refractivity contribution in [2.45, 2.75) is 13.3 Å². The molecule has 0 aliphatic carbocycles. The minimum absolute atomic E-state index is 0.0534. The maximum atomic E-state index is 12.6. The predicted molar refractivity (Wildman–Crippen MR) is 130 cm³/mol. The fourth-order valence-electron chi connectivity index (χ4n) is 3.75. The van der Waals surface area contributed by atoms with Crippen LogP contribution in [-0.4, -0.2) is 25.7 Å². The van der Waals surface area contributed by atoms with Gasteiger partial charge in [0.15, 0.2) is 5.82 Å². The van der Waals surface area contributed by atoms with E-state index in [1.165, 1.54) is 0 Å². The zero-order valence-electron chi connectivity index (χ0n) is 18.1. The summed E-state index contributed by atoms with van der Waals surface area (Å²) >= 11 is 0. The summed E-state index contributed by atoms with van der Waals surface area (Å²) in [5.41, 5.74) is 2.60. The van der Waals surface area contributed by atoms with Crippen molar-refractivity contribution in [3.63, 3.8) is 0 Å². The fraction of sp³-hybridized carbons (Fsp3) is 0.0769. The first kappa shape index (κ1) is 20.4. The number of carbonyl (C=O) groups is 1. The largest absolute Gasteiger partial charge is 0.340 e. The van der Waals surface area contributed by atoms with Gasteiger partial charge in [0, 0.05) is 29.8 Å². The second-order valence-electron chi connectivity index (χ2n) is 7.67. The average Bonchev–Trinajstić information content (AvgIpc) is 3.35. The van der Waals surface area contributed by atoms with Crippen LogP contribution in [0.2, 0.25) is 0 Å². The van der Waals surface area contributed by atoms with Crippen LogP contribution >= 0.6 is 0 Å². The van der Waals surface area contributed by atoms with Crippen molar-refractivity contribution in [2.75, 3.05) is 10.6 Å². The Labute approximate surface area is 191 Å². The molecule has 162 valence electrons. The minimum Gasteiger partial charge on any atom is -0.340 e. The lowest BCUT2D eigenvalue weighted by Gasteiger charge is -2.11. The number of anilines is 3. The van der Waals surface area contributed by atoms with E-state index in [-0.39, 0.29) is 5.91 Å². The van der Waals surface area contributed by atoms with E-state index in [1.807, 2.05) is 79.9 Å². The molecule has 5 rings (SSSR count). The maximum absolute atomic E-state index is 12.6. The smallest absolute Gasteiger partial charge is 0.228 e. The van der Waals surface area contributed by atoms with E-state index in [2.05, 4.69) is 37.8 Å². The van der Waals surface area contributed by atoms with Gasteiger partial charge in [-0.1, -0.05) is 42.5 Å². The number of amides is 1. The van der Waals surface area contributed by atoms with Crippen molar-refractivity contribution < 1.29 is 4.79 Å². The Hall–Kier alpha value is -4.52. The molecule has 7 heteroatoms. The molecular formula is C26H22N6O. The number of hydrogen-bond acceptors (Lipinski definition) is 5. The Morgan fingerprint density at radius 1 is 0.909 bits per heavy atom. The average molecular weight is 435 g/mol. The number of aromatic nitrogens is 4. The Bertz CT molecular complexity index is 1410. The van der Waals surface area contributed by atoms with Gasteiger partial charge >= 0.3 is 0 Å². The molecule has 33 heavy (non-hydrogen) atoms. The first-order valence-corrected chi connectivity index (χ1v) is 10.6. The number of carbonyl (C=O) groups excluding carboxylic acids is 1. The maximum Gasteiger partial charge on any atom is 0.228 e. The summed E-state index contributed by atoms with van der Waals surface area (Å²) in [4.78, 5) is 21.5. The molecule has 7 nitrogen and oxygen atoms in total. The number of hydrogen-bond donors (Lipinski definition) is 2. The van der Waals surface area contributed by atoms with Gasteiger partial charge in [-0.2, -0.15) is 5.10 Å². The summed E-state index contributed by atoms with van der Waals surface area (Å²) in [7, 11) is 0. The van der Waals surface area contributed by atoms with Crippen LogP contribution < -0.4 is 10.6 Å². The topological polar surface area (TPSA) is 84.7 Å². The SMILES string of the molecule is Cc1nc(Nc2ccc(NC(=O)Cc3cccc4ccccc34)cc2)cc(-n2cccn2)n1. The lowest BCUT2D eigenvalue weighted by molar-refractivity contribution is -0.115. The third-order valence-corrected chi connectivity index (χ3v) is 5.24. The molecule has 0 fully saturated rings. The molecule has 0 saturated carbocycles. The van der Waals surface area contributed by atoms with E-state index < -0.39 is 0 Å². The Morgan fingerprint density at radius 3 is 2.52 bits per heavy atom. The highest BCUT2D eigenvalue weighted by Crippen LogP contribution is 2.21. The number of aryl methyl sites for hydroxylation is 1. The summed E-state index contributed by atoms with van der Waals surface area (Å²) in [6.45, 7) is 1.84. The Balaban J connectivity index is 1.26. The van der Waals surface area contributed by atoms with Crippen molar-refractivity contribution in [1.82, 2.24) is 19.7 Å². The van der Waals surface area contributed by atoms with Crippen LogP contribution in [0.15, 0.2) is 91.3 Å². The summed E-state index contributed by atoms with van der Waals surface area (Å²) in [5.74, 6) is 1.94. The van der Waals surface area contributed by atoms with Crippen LogP contribution in [0.3, 0.4) is 0 Å². The van der Waals surface area contributed by atoms with E-state index in [1.54, 1.807) is 10.9 Å². The molecule has 0 radical (unpaired) electrons. The first-order chi connectivity index (χ1) is 16.1. The van der Waals surface area contributed by atoms with Crippen molar-refractivity contribution in [3.8, 4) is 5.82 Å². The van der Waals surface area contributed by atoms with Crippen LogP contribution in [0.5, 0.6) is 0 Å². The quantitative estimate of drug-likeness (QED) is 0.391. The number of fused-ring (bicyclic) bond motifs is 1. The summed E-state index contributed by atoms with van der Waals surface area (Å²) < 4.78 is 1.69. The van der Waals surface area contributed by atoms with Gasteiger partial charge in [0.05, 0.1) is 6.42 Å². The van der Waals surface area contributed by atoms with Crippen LogP contribution in [-0.2, 0) is 11.2 Å². The number of nitrogens with one attached hydrogen (secondary N) is 2. The van der Waals surface area contributed by atoms with E-state index >= 15 is 0 Å². The number of benzene rings is 3. The highest BCUT2D eigenvalue weighted by Gasteiger charge is 2.08. The molecule has 0 bridgehead atoms. The first-order valence-electron chi connectivity index (χ1n) is 10.6. The summed E-state index contributed by atoms with van der Waals surface area (Å²) in [5, 5.41) is 12.7. The van der Waals surface area contributed by atoms with E-state index in [0.717, 1.165) is 27.7 Å². The van der Waals surface area contributed by atoms with Crippen LogP contribution in [0.4, 0.5) is 17.2 Å². The van der Waals surface area contributed by atoms with Crippen molar-refractivity contribution >= 4 is 33.9 Å². The molecule has 0 spiro atoms. The standard InChI is InChI=1S/C26H22N6O/c1-18-28-24(17-25(29-18)32-15-5-14-27-32)30-21-10-12-22(13-11-21)31-26(33)16-20-8-4-7-19-6-2-3-9-23(19)20/h2-15,17H,16H2,1H3,(H,31,33)(H,28,29,30). The monoisotopic (exact) mass is 434 g/mol. The molecule has 0 unspecified atom stereocenters. The highest BCUT2D eigenvalue weighted by atomic mass is 16.1. The van der Waals surface area contributed by atoms with Crippen molar-refractivity contribution in [2.24, 2.45) is 0 Å². The van der Waals surface area contributed by atoms with Gasteiger partial charge in [-0.25, -0.2) is 14.6 Å². The third-order valence-electron chi connectivity index (χ3n) is 5.24. The normalized spacial score (nSPS) is 10.8. The molecule has 2 heterocycles. The molecule has 3 aromatic carbocycles. The lowest BCUT2D eigenvalue weighted by Crippen LogP contribution is -2.14. The van der Waals surface area contributed by atoms with Crippen LogP contribution in [0.25, 0.3) is 16.6 Å². The van der Waals surface area contributed by atoms with Crippen LogP contribution in [0.1, 0.15) is 11.4 Å². The molecule has 0 saturated heterocycles. The Morgan fingerprint density at radius 2 is 1.70 bits per heavy atom. The van der Waals surface area contributed by atoms with E-state index in [0.29, 0.717) is 23.9 Å². The van der Waals surface area contributed by atoms with Gasteiger partial charge in [-0.3, -0.25) is 4.79 Å². The van der Waals surface area contributed by atoms with Gasteiger partial charge in [0.1, 0.15) is 11.6 Å². The highest BCUT2D eigenvalue weighted by molar-refractivity contribution is 5.96. The number of nitrogens with zero attached hydrogens (tertiary/aromatic N) is 4. The van der Waals surface area contributed by atoms with Crippen molar-refractivity contribution in [1.29, 1.82) is 0 Å². The zero-order valence-corrected chi connectivity index (χ0v) is 18.1. The van der Waals surface area contributed by atoms with Gasteiger partial charge in [-0.05, 0) is 53.6 Å². The molecule has 0 aliphatic rings. The van der Waals surface area contributed by atoms with Gasteiger partial charge in [-0.15, -0.1) is 0 Å². The molecule has 0 atom stereocenters. The Kier molecular flexibility index (Phi) is 5.51. The van der Waals surface area contributed by atoms with Crippen LogP contribution in [0, 0.1) is 6.92 Å². The minimum atomic E-state index is -0.0534. The zero-order chi connectivity index (χ0) is 22.6. The van der Waals surface area contributed by atoms with Gasteiger partial charge in [0.25, 0.3) is 0 Å². The molecule has 1 amide bonds. The molecule has 2 N–H and O–H groups in total. The van der Waals surface area contributed by atoms with Gasteiger partial charge in [0.2, 0.25) is 5.91 Å². The van der Waals surface area contributed by atoms with Gasteiger partial charge < -0.3 is 10.6 Å². The van der Waals surface area contributed by atoms with E-state index in [9.17, 15) is 4.79 Å².